The van der Waals surface area contributed by atoms with E-state index in [1.54, 1.807) is 24.3 Å². The Labute approximate surface area is 168 Å². The van der Waals surface area contributed by atoms with Crippen LogP contribution in [0.15, 0.2) is 72.8 Å². The molecule has 3 nitrogen and oxygen atoms in total. The fraction of sp³-hybridized carbons (Fsp3) is 0.167. The monoisotopic (exact) mass is 392 g/mol. The molecule has 1 heterocycles. The van der Waals surface area contributed by atoms with Gasteiger partial charge in [0.25, 0.3) is 0 Å². The van der Waals surface area contributed by atoms with Crippen LogP contribution < -0.4 is 4.90 Å². The van der Waals surface area contributed by atoms with Gasteiger partial charge in [0.2, 0.25) is 0 Å². The zero-order valence-corrected chi connectivity index (χ0v) is 15.8. The van der Waals surface area contributed by atoms with E-state index in [0.29, 0.717) is 30.6 Å². The largest absolute Gasteiger partial charge is 0.438 e. The van der Waals surface area contributed by atoms with E-state index in [4.69, 9.17) is 4.74 Å². The number of hydrogen-bond donors (Lipinski definition) is 0. The van der Waals surface area contributed by atoms with E-state index >= 15 is 0 Å². The van der Waals surface area contributed by atoms with Crippen LogP contribution in [0.2, 0.25) is 0 Å². The van der Waals surface area contributed by atoms with Crippen LogP contribution in [-0.2, 0) is 10.3 Å². The van der Waals surface area contributed by atoms with Gasteiger partial charge in [-0.2, -0.15) is 0 Å². The first-order valence-corrected chi connectivity index (χ1v) is 9.43. The molecule has 1 amide bonds. The first-order chi connectivity index (χ1) is 14.0. The molecule has 0 N–H and O–H groups in total. The van der Waals surface area contributed by atoms with Gasteiger partial charge in [-0.25, -0.2) is 13.6 Å². The summed E-state index contributed by atoms with van der Waals surface area (Å²) in [5.41, 5.74) is 1.60. The fourth-order valence-corrected chi connectivity index (χ4v) is 3.72. The van der Waals surface area contributed by atoms with Crippen LogP contribution in [0.1, 0.15) is 18.4 Å². The zero-order valence-electron chi connectivity index (χ0n) is 15.8. The summed E-state index contributed by atoms with van der Waals surface area (Å²) in [6, 6.07) is 20.0. The van der Waals surface area contributed by atoms with Crippen molar-refractivity contribution in [1.29, 1.82) is 0 Å². The van der Waals surface area contributed by atoms with Crippen molar-refractivity contribution in [3.8, 4) is 11.1 Å². The fourth-order valence-electron chi connectivity index (χ4n) is 3.72. The number of rotatable bonds is 4. The summed E-state index contributed by atoms with van der Waals surface area (Å²) in [6.45, 7) is 4.44. The highest BCUT2D eigenvalue weighted by Gasteiger charge is 2.41. The number of halogens is 2. The highest BCUT2D eigenvalue weighted by Crippen LogP contribution is 2.39. The van der Waals surface area contributed by atoms with E-state index in [1.807, 2.05) is 30.3 Å². The molecule has 1 atom stereocenters. The van der Waals surface area contributed by atoms with Crippen molar-refractivity contribution < 1.29 is 18.3 Å². The molecule has 0 spiro atoms. The van der Waals surface area contributed by atoms with Crippen molar-refractivity contribution in [3.05, 3.63) is 96.9 Å². The second-order valence-corrected chi connectivity index (χ2v) is 7.05. The van der Waals surface area contributed by atoms with Gasteiger partial charge in [-0.1, -0.05) is 42.5 Å². The van der Waals surface area contributed by atoms with E-state index < -0.39 is 23.3 Å². The van der Waals surface area contributed by atoms with Crippen LogP contribution >= 0.6 is 0 Å². The van der Waals surface area contributed by atoms with Crippen LogP contribution in [-0.4, -0.2) is 12.6 Å². The van der Waals surface area contributed by atoms with Gasteiger partial charge < -0.3 is 4.74 Å². The Bertz CT molecular complexity index is 1040. The molecule has 0 aliphatic carbocycles. The summed E-state index contributed by atoms with van der Waals surface area (Å²) in [5.74, 6) is -1.28. The van der Waals surface area contributed by atoms with Crippen molar-refractivity contribution in [3.63, 3.8) is 0 Å². The van der Waals surface area contributed by atoms with Crippen molar-refractivity contribution in [1.82, 2.24) is 0 Å². The van der Waals surface area contributed by atoms with Crippen LogP contribution in [0.5, 0.6) is 0 Å². The predicted octanol–water partition coefficient (Wildman–Crippen LogP) is 6.10. The number of carbonyl (C=O) groups excluding carboxylic acids is 1. The minimum Gasteiger partial charge on any atom is -0.438 e. The summed E-state index contributed by atoms with van der Waals surface area (Å²) >= 11 is 0. The number of ether oxygens (including phenoxy) is 1. The van der Waals surface area contributed by atoms with Crippen molar-refractivity contribution >= 4 is 11.8 Å². The molecule has 1 aliphatic heterocycles. The third-order valence-corrected chi connectivity index (χ3v) is 5.35. The molecular formula is C24H20F2NO2. The summed E-state index contributed by atoms with van der Waals surface area (Å²) in [6.07, 6.45) is 0.541. The highest BCUT2D eigenvalue weighted by atomic mass is 19.1. The quantitative estimate of drug-likeness (QED) is 0.537. The maximum atomic E-state index is 14.2. The molecule has 5 heteroatoms. The molecule has 1 radical (unpaired) electrons. The minimum absolute atomic E-state index is 0.273. The summed E-state index contributed by atoms with van der Waals surface area (Å²) in [4.78, 5) is 14.4. The summed E-state index contributed by atoms with van der Waals surface area (Å²) in [7, 11) is 0. The molecule has 0 saturated carbocycles. The summed E-state index contributed by atoms with van der Waals surface area (Å²) in [5, 5.41) is 0. The zero-order chi connectivity index (χ0) is 20.4. The first-order valence-electron chi connectivity index (χ1n) is 9.43. The Balaban J connectivity index is 1.61. The Kier molecular flexibility index (Phi) is 5.05. The lowest BCUT2D eigenvalue weighted by Crippen LogP contribution is -2.48. The van der Waals surface area contributed by atoms with Gasteiger partial charge in [-0.3, -0.25) is 4.90 Å². The molecule has 1 aliphatic rings. The normalized spacial score (nSPS) is 19.1. The first kappa shape index (κ1) is 19.1. The van der Waals surface area contributed by atoms with Crippen molar-refractivity contribution in [2.75, 3.05) is 11.4 Å². The van der Waals surface area contributed by atoms with Crippen molar-refractivity contribution in [2.24, 2.45) is 0 Å². The Morgan fingerprint density at radius 3 is 2.48 bits per heavy atom. The maximum absolute atomic E-state index is 14.2. The van der Waals surface area contributed by atoms with Crippen LogP contribution in [0.4, 0.5) is 19.3 Å². The maximum Gasteiger partial charge on any atom is 0.415 e. The van der Waals surface area contributed by atoms with Gasteiger partial charge in [-0.05, 0) is 48.7 Å². The lowest BCUT2D eigenvalue weighted by atomic mass is 9.86. The second kappa shape index (κ2) is 7.66. The molecule has 29 heavy (non-hydrogen) atoms. The molecule has 1 saturated heterocycles. The highest BCUT2D eigenvalue weighted by molar-refractivity contribution is 5.90. The molecular weight excluding hydrogens is 372 g/mol. The number of amides is 1. The molecule has 147 valence electrons. The molecule has 4 rings (SSSR count). The van der Waals surface area contributed by atoms with Crippen molar-refractivity contribution in [2.45, 2.75) is 18.4 Å². The molecule has 1 fully saturated rings. The Hall–Kier alpha value is -3.21. The molecule has 0 aromatic heterocycles. The Morgan fingerprint density at radius 1 is 1.00 bits per heavy atom. The third-order valence-electron chi connectivity index (χ3n) is 5.35. The van der Waals surface area contributed by atoms with Gasteiger partial charge in [0.15, 0.2) is 0 Å². The molecule has 0 bridgehead atoms. The SMILES string of the molecule is [CH2]CC1(c2ccccc2)CCN(c2cccc(-c3ccc(F)cc3F)c2)C(=O)O1. The molecule has 3 aromatic rings. The number of benzene rings is 3. The van der Waals surface area contributed by atoms with Gasteiger partial charge in [0, 0.05) is 30.3 Å². The van der Waals surface area contributed by atoms with E-state index in [-0.39, 0.29) is 5.56 Å². The number of carbonyl (C=O) groups is 1. The van der Waals surface area contributed by atoms with Crippen LogP contribution in [0.3, 0.4) is 0 Å². The summed E-state index contributed by atoms with van der Waals surface area (Å²) < 4.78 is 33.2. The second-order valence-electron chi connectivity index (χ2n) is 7.05. The lowest BCUT2D eigenvalue weighted by Gasteiger charge is -2.41. The van der Waals surface area contributed by atoms with Gasteiger partial charge >= 0.3 is 6.09 Å². The standard InChI is InChI=1S/C24H20F2NO2/c1-2-24(18-8-4-3-5-9-18)13-14-27(23(28)29-24)20-10-6-7-17(15-20)21-12-11-19(25)16-22(21)26/h3-12,15-16H,1-2,13-14H2. The van der Waals surface area contributed by atoms with E-state index in [9.17, 15) is 13.6 Å². The van der Waals surface area contributed by atoms with Gasteiger partial charge in [-0.15, -0.1) is 0 Å². The topological polar surface area (TPSA) is 29.5 Å². The average molecular weight is 392 g/mol. The Morgan fingerprint density at radius 2 is 1.79 bits per heavy atom. The van der Waals surface area contributed by atoms with E-state index in [0.717, 1.165) is 11.6 Å². The number of cyclic esters (lactones) is 1. The number of nitrogens with zero attached hydrogens (tertiary/aromatic N) is 1. The lowest BCUT2D eigenvalue weighted by molar-refractivity contribution is -0.00741. The number of hydrogen-bond acceptors (Lipinski definition) is 2. The molecule has 3 aromatic carbocycles. The van der Waals surface area contributed by atoms with Crippen LogP contribution in [0, 0.1) is 18.6 Å². The smallest absolute Gasteiger partial charge is 0.415 e. The van der Waals surface area contributed by atoms with Gasteiger partial charge in [0.1, 0.15) is 17.2 Å². The van der Waals surface area contributed by atoms with E-state index in [1.165, 1.54) is 17.0 Å². The van der Waals surface area contributed by atoms with Crippen LogP contribution in [0.25, 0.3) is 11.1 Å². The average Bonchev–Trinajstić information content (AvgIpc) is 2.74. The van der Waals surface area contributed by atoms with E-state index in [2.05, 4.69) is 6.92 Å². The minimum atomic E-state index is -0.754. The predicted molar refractivity (Wildman–Crippen MR) is 108 cm³/mol. The third kappa shape index (κ3) is 3.60. The number of anilines is 1. The molecule has 1 unspecified atom stereocenters. The van der Waals surface area contributed by atoms with Gasteiger partial charge in [0.05, 0.1) is 0 Å².